The third-order valence-electron chi connectivity index (χ3n) is 4.16. The Bertz CT molecular complexity index is 453. The molecule has 1 fully saturated rings. The zero-order chi connectivity index (χ0) is 13.3. The van der Waals surface area contributed by atoms with Gasteiger partial charge in [-0.3, -0.25) is 0 Å². The molecule has 1 heterocycles. The second-order valence-electron chi connectivity index (χ2n) is 5.71. The molecule has 0 amide bonds. The van der Waals surface area contributed by atoms with Gasteiger partial charge in [0.2, 0.25) is 5.92 Å². The van der Waals surface area contributed by atoms with Crippen LogP contribution in [0.4, 0.5) is 20.2 Å². The summed E-state index contributed by atoms with van der Waals surface area (Å²) >= 11 is 0. The molecule has 1 unspecified atom stereocenters. The van der Waals surface area contributed by atoms with Crippen molar-refractivity contribution >= 4 is 23.8 Å². The van der Waals surface area contributed by atoms with Crippen LogP contribution in [0.3, 0.4) is 0 Å². The Morgan fingerprint density at radius 2 is 2.10 bits per heavy atom. The minimum atomic E-state index is -2.45. The first-order chi connectivity index (χ1) is 9.14. The van der Waals surface area contributed by atoms with Crippen molar-refractivity contribution in [2.45, 2.75) is 31.6 Å². The standard InChI is InChI=1S/C15H20F2N2.ClH/c16-15(17)7-3-4-12(10-15)11-19-9-8-18-13-5-1-2-6-14(13)19;/h1-2,5-6,12,18H,3-4,7-11H2;1H. The van der Waals surface area contributed by atoms with E-state index in [9.17, 15) is 8.78 Å². The van der Waals surface area contributed by atoms with E-state index in [4.69, 9.17) is 0 Å². The molecule has 2 aliphatic rings. The van der Waals surface area contributed by atoms with Gasteiger partial charge in [-0.1, -0.05) is 12.1 Å². The van der Waals surface area contributed by atoms with Crippen LogP contribution in [0.5, 0.6) is 0 Å². The van der Waals surface area contributed by atoms with Crippen LogP contribution in [0.2, 0.25) is 0 Å². The fourth-order valence-corrected chi connectivity index (χ4v) is 3.28. The summed E-state index contributed by atoms with van der Waals surface area (Å²) in [5.41, 5.74) is 2.28. The highest BCUT2D eigenvalue weighted by Crippen LogP contribution is 2.38. The molecule has 112 valence electrons. The van der Waals surface area contributed by atoms with Gasteiger partial charge in [0, 0.05) is 32.5 Å². The van der Waals surface area contributed by atoms with Gasteiger partial charge in [0.25, 0.3) is 0 Å². The molecular weight excluding hydrogens is 282 g/mol. The van der Waals surface area contributed by atoms with Crippen molar-refractivity contribution < 1.29 is 8.78 Å². The number of rotatable bonds is 2. The van der Waals surface area contributed by atoms with E-state index in [2.05, 4.69) is 22.3 Å². The molecule has 1 aromatic rings. The molecule has 0 saturated heterocycles. The smallest absolute Gasteiger partial charge is 0.248 e. The maximum Gasteiger partial charge on any atom is 0.248 e. The zero-order valence-corrected chi connectivity index (χ0v) is 12.3. The normalized spacial score (nSPS) is 24.3. The fourth-order valence-electron chi connectivity index (χ4n) is 3.28. The van der Waals surface area contributed by atoms with Crippen LogP contribution in [0.25, 0.3) is 0 Å². The molecule has 1 aliphatic heterocycles. The molecule has 1 aliphatic carbocycles. The van der Waals surface area contributed by atoms with Gasteiger partial charge in [-0.05, 0) is 30.9 Å². The zero-order valence-electron chi connectivity index (χ0n) is 11.4. The van der Waals surface area contributed by atoms with Crippen molar-refractivity contribution in [1.82, 2.24) is 0 Å². The third-order valence-corrected chi connectivity index (χ3v) is 4.16. The van der Waals surface area contributed by atoms with E-state index in [1.165, 1.54) is 0 Å². The Kier molecular flexibility index (Phi) is 4.74. The predicted octanol–water partition coefficient (Wildman–Crippen LogP) is 4.17. The molecular formula is C15H21ClF2N2. The Labute approximate surface area is 124 Å². The number of alkyl halides is 2. The molecule has 1 aromatic carbocycles. The highest BCUT2D eigenvalue weighted by atomic mass is 35.5. The van der Waals surface area contributed by atoms with Crippen molar-refractivity contribution in [3.63, 3.8) is 0 Å². The van der Waals surface area contributed by atoms with Crippen molar-refractivity contribution in [3.8, 4) is 0 Å². The number of fused-ring (bicyclic) bond motifs is 1. The predicted molar refractivity (Wildman–Crippen MR) is 81.3 cm³/mol. The molecule has 5 heteroatoms. The van der Waals surface area contributed by atoms with Crippen LogP contribution in [0.1, 0.15) is 25.7 Å². The number of anilines is 2. The minimum Gasteiger partial charge on any atom is -0.382 e. The number of hydrogen-bond donors (Lipinski definition) is 1. The maximum absolute atomic E-state index is 13.5. The van der Waals surface area contributed by atoms with E-state index >= 15 is 0 Å². The quantitative estimate of drug-likeness (QED) is 0.882. The average molecular weight is 303 g/mol. The molecule has 1 atom stereocenters. The van der Waals surface area contributed by atoms with Crippen LogP contribution in [-0.2, 0) is 0 Å². The van der Waals surface area contributed by atoms with Crippen LogP contribution in [0, 0.1) is 5.92 Å². The molecule has 0 bridgehead atoms. The summed E-state index contributed by atoms with van der Waals surface area (Å²) in [4.78, 5) is 2.26. The van der Waals surface area contributed by atoms with Gasteiger partial charge in [0.1, 0.15) is 0 Å². The van der Waals surface area contributed by atoms with Crippen LogP contribution < -0.4 is 10.2 Å². The lowest BCUT2D eigenvalue weighted by Gasteiger charge is -2.37. The average Bonchev–Trinajstić information content (AvgIpc) is 2.38. The van der Waals surface area contributed by atoms with Gasteiger partial charge in [-0.2, -0.15) is 0 Å². The molecule has 1 N–H and O–H groups in total. The van der Waals surface area contributed by atoms with Gasteiger partial charge in [0.15, 0.2) is 0 Å². The Balaban J connectivity index is 0.00000147. The lowest BCUT2D eigenvalue weighted by atomic mass is 9.86. The van der Waals surface area contributed by atoms with E-state index in [0.29, 0.717) is 6.42 Å². The number of nitrogens with zero attached hydrogens (tertiary/aromatic N) is 1. The monoisotopic (exact) mass is 302 g/mol. The number of para-hydroxylation sites is 2. The second kappa shape index (κ2) is 6.17. The van der Waals surface area contributed by atoms with Gasteiger partial charge >= 0.3 is 0 Å². The van der Waals surface area contributed by atoms with Gasteiger partial charge in [-0.15, -0.1) is 12.4 Å². The summed E-state index contributed by atoms with van der Waals surface area (Å²) in [7, 11) is 0. The number of halogens is 3. The number of benzene rings is 1. The summed E-state index contributed by atoms with van der Waals surface area (Å²) in [5.74, 6) is -2.33. The molecule has 0 aromatic heterocycles. The molecule has 1 saturated carbocycles. The Hall–Kier alpha value is -1.03. The molecule has 0 spiro atoms. The molecule has 20 heavy (non-hydrogen) atoms. The fraction of sp³-hybridized carbons (Fsp3) is 0.600. The lowest BCUT2D eigenvalue weighted by Crippen LogP contribution is -2.40. The van der Waals surface area contributed by atoms with E-state index in [1.54, 1.807) is 0 Å². The summed E-state index contributed by atoms with van der Waals surface area (Å²) in [6, 6.07) is 8.14. The summed E-state index contributed by atoms with van der Waals surface area (Å²) in [6.45, 7) is 2.55. The van der Waals surface area contributed by atoms with E-state index in [0.717, 1.165) is 37.4 Å². The van der Waals surface area contributed by atoms with E-state index < -0.39 is 5.92 Å². The summed E-state index contributed by atoms with van der Waals surface area (Å²) < 4.78 is 26.9. The van der Waals surface area contributed by atoms with Crippen molar-refractivity contribution in [2.75, 3.05) is 29.9 Å². The maximum atomic E-state index is 13.5. The molecule has 3 rings (SSSR count). The highest BCUT2D eigenvalue weighted by molar-refractivity contribution is 5.85. The van der Waals surface area contributed by atoms with Crippen LogP contribution >= 0.6 is 12.4 Å². The van der Waals surface area contributed by atoms with Gasteiger partial charge < -0.3 is 10.2 Å². The first-order valence-electron chi connectivity index (χ1n) is 7.10. The van der Waals surface area contributed by atoms with Gasteiger partial charge in [0.05, 0.1) is 11.4 Å². The minimum absolute atomic E-state index is 0. The topological polar surface area (TPSA) is 15.3 Å². The van der Waals surface area contributed by atoms with Crippen LogP contribution in [0.15, 0.2) is 24.3 Å². The first kappa shape index (κ1) is 15.4. The highest BCUT2D eigenvalue weighted by Gasteiger charge is 2.37. The van der Waals surface area contributed by atoms with Crippen LogP contribution in [-0.4, -0.2) is 25.6 Å². The first-order valence-corrected chi connectivity index (χ1v) is 7.10. The second-order valence-corrected chi connectivity index (χ2v) is 5.71. The van der Waals surface area contributed by atoms with Crippen molar-refractivity contribution in [3.05, 3.63) is 24.3 Å². The summed E-state index contributed by atoms with van der Waals surface area (Å²) in [6.07, 6.45) is 1.72. The Morgan fingerprint density at radius 1 is 1.30 bits per heavy atom. The van der Waals surface area contributed by atoms with Crippen molar-refractivity contribution in [2.24, 2.45) is 5.92 Å². The van der Waals surface area contributed by atoms with Gasteiger partial charge in [-0.25, -0.2) is 8.78 Å². The largest absolute Gasteiger partial charge is 0.382 e. The lowest BCUT2D eigenvalue weighted by molar-refractivity contribution is -0.0510. The third kappa shape index (κ3) is 3.35. The SMILES string of the molecule is Cl.FC1(F)CCCC(CN2CCNc3ccccc32)C1. The number of hydrogen-bond acceptors (Lipinski definition) is 2. The Morgan fingerprint density at radius 3 is 2.90 bits per heavy atom. The molecule has 2 nitrogen and oxygen atoms in total. The van der Waals surface area contributed by atoms with E-state index in [1.807, 2.05) is 12.1 Å². The van der Waals surface area contributed by atoms with E-state index in [-0.39, 0.29) is 31.2 Å². The van der Waals surface area contributed by atoms with Crippen molar-refractivity contribution in [1.29, 1.82) is 0 Å². The summed E-state index contributed by atoms with van der Waals surface area (Å²) in [5, 5.41) is 3.36. The number of nitrogens with one attached hydrogen (secondary N) is 1. The molecule has 0 radical (unpaired) electrons.